The molecule has 2 aliphatic rings. The zero-order chi connectivity index (χ0) is 8.93. The zero-order valence-corrected chi connectivity index (χ0v) is 8.10. The van der Waals surface area contributed by atoms with Gasteiger partial charge in [0.05, 0.1) is 24.4 Å². The van der Waals surface area contributed by atoms with Gasteiger partial charge in [-0.3, -0.25) is 4.79 Å². The number of amides is 1. The first kappa shape index (κ1) is 8.38. The second-order valence-corrected chi connectivity index (χ2v) is 5.71. The predicted octanol–water partition coefficient (Wildman–Crippen LogP) is 0.431. The molecule has 12 heavy (non-hydrogen) atoms. The molecule has 0 aromatic heterocycles. The molecule has 2 heterocycles. The van der Waals surface area contributed by atoms with Gasteiger partial charge in [0.2, 0.25) is 5.91 Å². The summed E-state index contributed by atoms with van der Waals surface area (Å²) in [6.07, 6.45) is 0.657. The van der Waals surface area contributed by atoms with Crippen LogP contribution in [0.4, 0.5) is 0 Å². The van der Waals surface area contributed by atoms with Gasteiger partial charge in [0.1, 0.15) is 0 Å². The minimum Gasteiger partial charge on any atom is -0.394 e. The van der Waals surface area contributed by atoms with Crippen molar-refractivity contribution in [1.29, 1.82) is 0 Å². The maximum absolute atomic E-state index is 11.2. The van der Waals surface area contributed by atoms with Gasteiger partial charge in [-0.15, -0.1) is 11.8 Å². The minimum absolute atomic E-state index is 0.0194. The Labute approximate surface area is 76.1 Å². The van der Waals surface area contributed by atoms with E-state index in [1.807, 2.05) is 4.90 Å². The Morgan fingerprint density at radius 2 is 2.42 bits per heavy atom. The fraction of sp³-hybridized carbons (Fsp3) is 0.875. The average molecular weight is 187 g/mol. The van der Waals surface area contributed by atoms with Crippen molar-refractivity contribution in [3.8, 4) is 0 Å². The van der Waals surface area contributed by atoms with Gasteiger partial charge >= 0.3 is 0 Å². The first-order valence-corrected chi connectivity index (χ1v) is 5.04. The van der Waals surface area contributed by atoms with Crippen molar-refractivity contribution in [2.24, 2.45) is 0 Å². The van der Waals surface area contributed by atoms with E-state index in [2.05, 4.69) is 13.8 Å². The van der Waals surface area contributed by atoms with Crippen molar-refractivity contribution < 1.29 is 9.90 Å². The lowest BCUT2D eigenvalue weighted by atomic mass is 9.99. The van der Waals surface area contributed by atoms with Crippen molar-refractivity contribution in [2.75, 3.05) is 6.61 Å². The topological polar surface area (TPSA) is 40.5 Å². The van der Waals surface area contributed by atoms with E-state index in [-0.39, 0.29) is 23.3 Å². The van der Waals surface area contributed by atoms with Gasteiger partial charge < -0.3 is 10.0 Å². The highest BCUT2D eigenvalue weighted by Gasteiger charge is 2.54. The number of aliphatic hydroxyl groups is 1. The van der Waals surface area contributed by atoms with Crippen LogP contribution in [0.25, 0.3) is 0 Å². The summed E-state index contributed by atoms with van der Waals surface area (Å²) in [5.74, 6) is 0.192. The van der Waals surface area contributed by atoms with Gasteiger partial charge in [0.15, 0.2) is 0 Å². The molecular weight excluding hydrogens is 174 g/mol. The van der Waals surface area contributed by atoms with Crippen LogP contribution in [0.3, 0.4) is 0 Å². The average Bonchev–Trinajstić information content (AvgIpc) is 2.17. The molecular formula is C8H13NO2S. The number of hydrogen-bond donors (Lipinski definition) is 1. The van der Waals surface area contributed by atoms with Gasteiger partial charge in [-0.05, 0) is 13.8 Å². The summed E-state index contributed by atoms with van der Waals surface area (Å²) in [5.41, 5.74) is 0. The van der Waals surface area contributed by atoms with E-state index >= 15 is 0 Å². The zero-order valence-electron chi connectivity index (χ0n) is 7.28. The monoisotopic (exact) mass is 187 g/mol. The Morgan fingerprint density at radius 3 is 2.83 bits per heavy atom. The second-order valence-electron chi connectivity index (χ2n) is 3.88. The molecule has 1 amide bonds. The minimum atomic E-state index is 0.0194. The first-order valence-electron chi connectivity index (χ1n) is 4.16. The molecule has 2 fully saturated rings. The number of hydrogen-bond acceptors (Lipinski definition) is 3. The number of nitrogens with zero attached hydrogens (tertiary/aromatic N) is 1. The van der Waals surface area contributed by atoms with Gasteiger partial charge in [0.25, 0.3) is 0 Å². The molecule has 2 unspecified atom stereocenters. The molecule has 0 radical (unpaired) electrons. The van der Waals surface area contributed by atoms with E-state index in [4.69, 9.17) is 5.11 Å². The molecule has 0 aromatic rings. The van der Waals surface area contributed by atoms with Crippen LogP contribution in [0.15, 0.2) is 0 Å². The lowest BCUT2D eigenvalue weighted by Gasteiger charge is -2.37. The fourth-order valence-electron chi connectivity index (χ4n) is 1.95. The van der Waals surface area contributed by atoms with Crippen LogP contribution >= 0.6 is 11.8 Å². The first-order chi connectivity index (χ1) is 5.56. The summed E-state index contributed by atoms with van der Waals surface area (Å²) in [7, 11) is 0. The lowest BCUT2D eigenvalue weighted by molar-refractivity contribution is -0.145. The van der Waals surface area contributed by atoms with Gasteiger partial charge in [-0.2, -0.15) is 0 Å². The maximum atomic E-state index is 11.2. The molecule has 1 N–H and O–H groups in total. The van der Waals surface area contributed by atoms with Crippen molar-refractivity contribution >= 4 is 17.7 Å². The number of carbonyl (C=O) groups is 1. The van der Waals surface area contributed by atoms with E-state index in [1.165, 1.54) is 0 Å². The van der Waals surface area contributed by atoms with E-state index < -0.39 is 0 Å². The quantitative estimate of drug-likeness (QED) is 0.605. The van der Waals surface area contributed by atoms with Gasteiger partial charge in [-0.25, -0.2) is 0 Å². The maximum Gasteiger partial charge on any atom is 0.226 e. The number of thioether (sulfide) groups is 1. The lowest BCUT2D eigenvalue weighted by Crippen LogP contribution is -2.55. The fourth-order valence-corrected chi connectivity index (χ4v) is 3.60. The Hall–Kier alpha value is -0.220. The molecule has 3 nitrogen and oxygen atoms in total. The number of carbonyl (C=O) groups excluding carboxylic acids is 1. The van der Waals surface area contributed by atoms with E-state index in [0.717, 1.165) is 0 Å². The normalized spacial score (nSPS) is 37.9. The third-order valence-corrected chi connectivity index (χ3v) is 4.24. The largest absolute Gasteiger partial charge is 0.394 e. The molecule has 2 atom stereocenters. The van der Waals surface area contributed by atoms with Gasteiger partial charge in [0, 0.05) is 4.75 Å². The number of aliphatic hydroxyl groups excluding tert-OH is 1. The summed E-state index contributed by atoms with van der Waals surface area (Å²) >= 11 is 1.80. The number of fused-ring (bicyclic) bond motifs is 1. The van der Waals surface area contributed by atoms with Crippen LogP contribution in [-0.2, 0) is 4.79 Å². The summed E-state index contributed by atoms with van der Waals surface area (Å²) in [5, 5.41) is 9.47. The number of rotatable bonds is 1. The van der Waals surface area contributed by atoms with Crippen LogP contribution in [0.1, 0.15) is 20.3 Å². The van der Waals surface area contributed by atoms with Crippen LogP contribution in [0, 0.1) is 0 Å². The van der Waals surface area contributed by atoms with Crippen LogP contribution in [0.2, 0.25) is 0 Å². The molecule has 68 valence electrons. The van der Waals surface area contributed by atoms with Crippen molar-refractivity contribution in [3.63, 3.8) is 0 Å². The molecule has 0 bridgehead atoms. The van der Waals surface area contributed by atoms with Crippen molar-refractivity contribution in [2.45, 2.75) is 36.4 Å². The van der Waals surface area contributed by atoms with Crippen LogP contribution < -0.4 is 0 Å². The summed E-state index contributed by atoms with van der Waals surface area (Å²) in [4.78, 5) is 13.0. The standard InChI is InChI=1S/C8H13NO2S/c1-8(2)5(4-10)9-6(11)3-7(9)12-8/h5,7,10H,3-4H2,1-2H3. The summed E-state index contributed by atoms with van der Waals surface area (Å²) < 4.78 is 0.0194. The Balaban J connectivity index is 2.21. The SMILES string of the molecule is CC1(C)SC2CC(=O)N2C1CO. The van der Waals surface area contributed by atoms with Crippen molar-refractivity contribution in [1.82, 2.24) is 4.90 Å². The molecule has 0 aliphatic carbocycles. The highest BCUT2D eigenvalue weighted by molar-refractivity contribution is 8.01. The molecule has 0 saturated carbocycles. The second kappa shape index (κ2) is 2.39. The highest BCUT2D eigenvalue weighted by atomic mass is 32.2. The third kappa shape index (κ3) is 0.910. The molecule has 4 heteroatoms. The van der Waals surface area contributed by atoms with Crippen molar-refractivity contribution in [3.05, 3.63) is 0 Å². The Bertz CT molecular complexity index is 229. The van der Waals surface area contributed by atoms with Crippen LogP contribution in [-0.4, -0.2) is 38.7 Å². The molecule has 0 spiro atoms. The Morgan fingerprint density at radius 1 is 1.75 bits per heavy atom. The number of β-lactam (4-membered cyclic amide) rings is 1. The van der Waals surface area contributed by atoms with E-state index in [0.29, 0.717) is 11.8 Å². The molecule has 2 saturated heterocycles. The van der Waals surface area contributed by atoms with Gasteiger partial charge in [-0.1, -0.05) is 0 Å². The summed E-state index contributed by atoms with van der Waals surface area (Å²) in [6, 6.07) is 0.0220. The molecule has 2 rings (SSSR count). The van der Waals surface area contributed by atoms with E-state index in [1.54, 1.807) is 11.8 Å². The highest BCUT2D eigenvalue weighted by Crippen LogP contribution is 2.50. The third-order valence-electron chi connectivity index (χ3n) is 2.70. The van der Waals surface area contributed by atoms with Crippen LogP contribution in [0.5, 0.6) is 0 Å². The smallest absolute Gasteiger partial charge is 0.226 e. The molecule has 0 aromatic carbocycles. The summed E-state index contributed by atoms with van der Waals surface area (Å²) in [6.45, 7) is 4.26. The molecule has 2 aliphatic heterocycles. The Kier molecular flexibility index (Phi) is 1.67. The predicted molar refractivity (Wildman–Crippen MR) is 47.8 cm³/mol. The van der Waals surface area contributed by atoms with E-state index in [9.17, 15) is 4.79 Å².